The molecule has 0 atom stereocenters. The van der Waals surface area contributed by atoms with E-state index in [0.717, 1.165) is 6.07 Å². The maximum atomic E-state index is 13.3. The van der Waals surface area contributed by atoms with Crippen molar-refractivity contribution in [2.75, 3.05) is 7.11 Å². The van der Waals surface area contributed by atoms with Gasteiger partial charge in [0.1, 0.15) is 5.75 Å². The molecule has 0 unspecified atom stereocenters. The fourth-order valence-electron chi connectivity index (χ4n) is 1.41. The summed E-state index contributed by atoms with van der Waals surface area (Å²) < 4.78 is 31.2. The molecule has 1 rings (SSSR count). The first kappa shape index (κ1) is 13.1. The molecule has 17 heavy (non-hydrogen) atoms. The van der Waals surface area contributed by atoms with Crippen molar-refractivity contribution in [3.8, 4) is 5.75 Å². The number of benzene rings is 1. The van der Waals surface area contributed by atoms with Gasteiger partial charge in [0.25, 0.3) is 11.7 Å². The molecule has 0 spiro atoms. The van der Waals surface area contributed by atoms with Crippen molar-refractivity contribution >= 4 is 11.8 Å². The largest absolute Gasteiger partial charge is 0.496 e. The normalized spacial score (nSPS) is 11.1. The highest BCUT2D eigenvalue weighted by Gasteiger charge is 2.34. The number of carbonyl (C=O) groups excluding carboxylic acids is 1. The molecule has 0 fully saturated rings. The SMILES string of the molecule is COc1cccc(C(C)(F)F)c1C(=O)C(=O)O. The van der Waals surface area contributed by atoms with E-state index in [0.29, 0.717) is 6.92 Å². The van der Waals surface area contributed by atoms with Crippen LogP contribution in [0.4, 0.5) is 8.78 Å². The van der Waals surface area contributed by atoms with Crippen molar-refractivity contribution in [2.24, 2.45) is 0 Å². The van der Waals surface area contributed by atoms with Gasteiger partial charge in [-0.1, -0.05) is 12.1 Å². The molecule has 1 aromatic rings. The number of rotatable bonds is 4. The topological polar surface area (TPSA) is 63.6 Å². The molecule has 0 aliphatic heterocycles. The van der Waals surface area contributed by atoms with Crippen LogP contribution >= 0.6 is 0 Å². The first-order valence-electron chi connectivity index (χ1n) is 4.62. The van der Waals surface area contributed by atoms with Crippen LogP contribution in [0, 0.1) is 0 Å². The van der Waals surface area contributed by atoms with E-state index >= 15 is 0 Å². The minimum Gasteiger partial charge on any atom is -0.496 e. The number of carboxylic acid groups (broad SMARTS) is 1. The van der Waals surface area contributed by atoms with Crippen molar-refractivity contribution in [1.29, 1.82) is 0 Å². The highest BCUT2D eigenvalue weighted by atomic mass is 19.3. The van der Waals surface area contributed by atoms with Crippen LogP contribution in [0.25, 0.3) is 0 Å². The lowest BCUT2D eigenvalue weighted by atomic mass is 9.98. The number of ketones is 1. The van der Waals surface area contributed by atoms with Gasteiger partial charge in [0.15, 0.2) is 0 Å². The number of methoxy groups -OCH3 is 1. The molecule has 0 amide bonds. The standard InChI is InChI=1S/C11H10F2O4/c1-11(12,13)6-4-3-5-7(17-2)8(6)9(14)10(15)16/h3-5H,1-2H3,(H,15,16). The maximum Gasteiger partial charge on any atom is 0.377 e. The Bertz CT molecular complexity index is 463. The van der Waals surface area contributed by atoms with E-state index in [1.165, 1.54) is 19.2 Å². The first-order chi connectivity index (χ1) is 7.79. The van der Waals surface area contributed by atoms with Gasteiger partial charge >= 0.3 is 5.97 Å². The third-order valence-corrected chi connectivity index (χ3v) is 2.14. The molecule has 0 radical (unpaired) electrons. The Morgan fingerprint density at radius 1 is 1.35 bits per heavy atom. The van der Waals surface area contributed by atoms with Crippen LogP contribution in [0.5, 0.6) is 5.75 Å². The second kappa shape index (κ2) is 4.48. The fraction of sp³-hybridized carbons (Fsp3) is 0.273. The van der Waals surface area contributed by atoms with Gasteiger partial charge in [-0.25, -0.2) is 13.6 Å². The van der Waals surface area contributed by atoms with Crippen LogP contribution in [0.1, 0.15) is 22.8 Å². The van der Waals surface area contributed by atoms with Crippen molar-refractivity contribution in [1.82, 2.24) is 0 Å². The number of hydrogen-bond donors (Lipinski definition) is 1. The zero-order valence-electron chi connectivity index (χ0n) is 9.16. The zero-order valence-corrected chi connectivity index (χ0v) is 9.16. The van der Waals surface area contributed by atoms with Gasteiger partial charge in [-0.3, -0.25) is 4.79 Å². The smallest absolute Gasteiger partial charge is 0.377 e. The van der Waals surface area contributed by atoms with E-state index in [1.54, 1.807) is 0 Å². The van der Waals surface area contributed by atoms with Crippen molar-refractivity contribution < 1.29 is 28.2 Å². The predicted octanol–water partition coefficient (Wildman–Crippen LogP) is 2.07. The van der Waals surface area contributed by atoms with E-state index in [-0.39, 0.29) is 5.75 Å². The molecule has 4 nitrogen and oxygen atoms in total. The monoisotopic (exact) mass is 244 g/mol. The summed E-state index contributed by atoms with van der Waals surface area (Å²) >= 11 is 0. The highest BCUT2D eigenvalue weighted by Crippen LogP contribution is 2.34. The van der Waals surface area contributed by atoms with Crippen LogP contribution in [0.2, 0.25) is 0 Å². The van der Waals surface area contributed by atoms with Gasteiger partial charge in [0.05, 0.1) is 12.7 Å². The van der Waals surface area contributed by atoms with Crippen molar-refractivity contribution in [2.45, 2.75) is 12.8 Å². The molecule has 0 saturated heterocycles. The molecule has 0 bridgehead atoms. The minimum atomic E-state index is -3.32. The second-order valence-corrected chi connectivity index (χ2v) is 3.41. The number of aliphatic carboxylic acids is 1. The molecule has 1 N–H and O–H groups in total. The third-order valence-electron chi connectivity index (χ3n) is 2.14. The predicted molar refractivity (Wildman–Crippen MR) is 54.5 cm³/mol. The number of carbonyl (C=O) groups is 2. The van der Waals surface area contributed by atoms with Crippen molar-refractivity contribution in [3.05, 3.63) is 29.3 Å². The summed E-state index contributed by atoms with van der Waals surface area (Å²) in [6.07, 6.45) is 0. The lowest BCUT2D eigenvalue weighted by Gasteiger charge is -2.16. The lowest BCUT2D eigenvalue weighted by Crippen LogP contribution is -2.20. The summed E-state index contributed by atoms with van der Waals surface area (Å²) in [5, 5.41) is 8.60. The van der Waals surface area contributed by atoms with Gasteiger partial charge in [-0.2, -0.15) is 0 Å². The molecule has 0 aromatic heterocycles. The molecule has 0 saturated carbocycles. The number of carboxylic acids is 1. The Hall–Kier alpha value is -1.98. The fourth-order valence-corrected chi connectivity index (χ4v) is 1.41. The average molecular weight is 244 g/mol. The van der Waals surface area contributed by atoms with E-state index in [4.69, 9.17) is 9.84 Å². The number of alkyl halides is 2. The molecule has 0 heterocycles. The molecule has 92 valence electrons. The second-order valence-electron chi connectivity index (χ2n) is 3.41. The van der Waals surface area contributed by atoms with Crippen LogP contribution in [0.15, 0.2) is 18.2 Å². The Morgan fingerprint density at radius 2 is 1.94 bits per heavy atom. The maximum absolute atomic E-state index is 13.3. The lowest BCUT2D eigenvalue weighted by molar-refractivity contribution is -0.131. The number of Topliss-reactive ketones (excluding diaryl/α,β-unsaturated/α-hetero) is 1. The summed E-state index contributed by atoms with van der Waals surface area (Å²) in [5.41, 5.74) is -1.28. The van der Waals surface area contributed by atoms with Gasteiger partial charge in [0, 0.05) is 12.5 Å². The summed E-state index contributed by atoms with van der Waals surface area (Å²) in [6, 6.07) is 3.52. The van der Waals surface area contributed by atoms with E-state index in [2.05, 4.69) is 0 Å². The van der Waals surface area contributed by atoms with Crippen LogP contribution < -0.4 is 4.74 Å². The minimum absolute atomic E-state index is 0.184. The summed E-state index contributed by atoms with van der Waals surface area (Å²) in [7, 11) is 1.17. The number of hydrogen-bond acceptors (Lipinski definition) is 3. The van der Waals surface area contributed by atoms with Gasteiger partial charge < -0.3 is 9.84 Å². The Kier molecular flexibility index (Phi) is 3.45. The van der Waals surface area contributed by atoms with Crippen LogP contribution in [0.3, 0.4) is 0 Å². The third kappa shape index (κ3) is 2.58. The van der Waals surface area contributed by atoms with E-state index in [9.17, 15) is 18.4 Å². The van der Waals surface area contributed by atoms with Crippen LogP contribution in [-0.2, 0) is 10.7 Å². The summed E-state index contributed by atoms with van der Waals surface area (Å²) in [5.74, 6) is -6.73. The average Bonchev–Trinajstić information content (AvgIpc) is 2.25. The molecule has 0 aliphatic carbocycles. The zero-order chi connectivity index (χ0) is 13.2. The molecular formula is C11H10F2O4. The first-order valence-corrected chi connectivity index (χ1v) is 4.62. The molecule has 0 aliphatic rings. The Balaban J connectivity index is 3.52. The van der Waals surface area contributed by atoms with E-state index < -0.39 is 28.8 Å². The molecular weight excluding hydrogens is 234 g/mol. The van der Waals surface area contributed by atoms with E-state index in [1.807, 2.05) is 0 Å². The van der Waals surface area contributed by atoms with Crippen molar-refractivity contribution in [3.63, 3.8) is 0 Å². The Labute approximate surface area is 95.8 Å². The number of ether oxygens (including phenoxy) is 1. The summed E-state index contributed by atoms with van der Waals surface area (Å²) in [4.78, 5) is 22.0. The van der Waals surface area contributed by atoms with Gasteiger partial charge in [0.2, 0.25) is 0 Å². The van der Waals surface area contributed by atoms with Crippen LogP contribution in [-0.4, -0.2) is 24.0 Å². The highest BCUT2D eigenvalue weighted by molar-refractivity contribution is 6.41. The number of halogens is 2. The molecule has 6 heteroatoms. The van der Waals surface area contributed by atoms with Gasteiger partial charge in [-0.05, 0) is 6.07 Å². The summed E-state index contributed by atoms with van der Waals surface area (Å²) in [6.45, 7) is 0.584. The quantitative estimate of drug-likeness (QED) is 0.650. The Morgan fingerprint density at radius 3 is 2.35 bits per heavy atom. The van der Waals surface area contributed by atoms with Gasteiger partial charge in [-0.15, -0.1) is 0 Å². The molecule has 1 aromatic carbocycles.